The van der Waals surface area contributed by atoms with Gasteiger partial charge in [0.25, 0.3) is 5.91 Å². The molecule has 2 amide bonds. The van der Waals surface area contributed by atoms with Gasteiger partial charge in [0, 0.05) is 24.1 Å². The maximum absolute atomic E-state index is 12.0. The summed E-state index contributed by atoms with van der Waals surface area (Å²) < 4.78 is 0. The van der Waals surface area contributed by atoms with Crippen molar-refractivity contribution in [1.82, 2.24) is 10.3 Å². The number of hydrogen-bond donors (Lipinski definition) is 2. The highest BCUT2D eigenvalue weighted by Gasteiger charge is 2.03. The average molecular weight is 331 g/mol. The first-order chi connectivity index (χ1) is 12.2. The molecule has 2 aromatic carbocycles. The Morgan fingerprint density at radius 3 is 2.48 bits per heavy atom. The molecule has 0 fully saturated rings. The third kappa shape index (κ3) is 4.09. The van der Waals surface area contributed by atoms with E-state index in [0.29, 0.717) is 11.4 Å². The average Bonchev–Trinajstić information content (AvgIpc) is 2.66. The zero-order valence-corrected chi connectivity index (χ0v) is 13.7. The summed E-state index contributed by atoms with van der Waals surface area (Å²) in [6, 6.07) is 18.4. The fourth-order valence-electron chi connectivity index (χ4n) is 2.37. The summed E-state index contributed by atoms with van der Waals surface area (Å²) in [6.07, 6.45) is 3.12. The number of benzene rings is 2. The first-order valence-electron chi connectivity index (χ1n) is 7.83. The summed E-state index contributed by atoms with van der Waals surface area (Å²) in [5, 5.41) is 6.33. The van der Waals surface area contributed by atoms with E-state index in [2.05, 4.69) is 15.6 Å². The number of nitrogens with zero attached hydrogens (tertiary/aromatic N) is 1. The number of pyridine rings is 1. The first-order valence-corrected chi connectivity index (χ1v) is 7.83. The number of nitrogens with one attached hydrogen (secondary N) is 2. The summed E-state index contributed by atoms with van der Waals surface area (Å²) in [5.41, 5.74) is 2.23. The summed E-state index contributed by atoms with van der Waals surface area (Å²) in [7, 11) is 1.58. The molecule has 0 aliphatic carbocycles. The molecule has 3 rings (SSSR count). The largest absolute Gasteiger partial charge is 0.355 e. The number of carbonyl (C=O) groups excluding carboxylic acids is 2. The van der Waals surface area contributed by atoms with Gasteiger partial charge in [0.05, 0.1) is 5.52 Å². The smallest absolute Gasteiger partial charge is 0.251 e. The van der Waals surface area contributed by atoms with Crippen molar-refractivity contribution in [1.29, 1.82) is 0 Å². The van der Waals surface area contributed by atoms with Gasteiger partial charge in [0.1, 0.15) is 5.82 Å². The molecule has 0 saturated heterocycles. The van der Waals surface area contributed by atoms with Gasteiger partial charge in [-0.05, 0) is 42.0 Å². The van der Waals surface area contributed by atoms with Gasteiger partial charge in [0.15, 0.2) is 0 Å². The highest BCUT2D eigenvalue weighted by molar-refractivity contribution is 6.02. The molecule has 25 heavy (non-hydrogen) atoms. The molecule has 0 bridgehead atoms. The lowest BCUT2D eigenvalue weighted by molar-refractivity contribution is -0.111. The fraction of sp³-hybridized carbons (Fsp3) is 0.0500. The minimum Gasteiger partial charge on any atom is -0.355 e. The molecule has 1 aromatic heterocycles. The summed E-state index contributed by atoms with van der Waals surface area (Å²) >= 11 is 0. The molecule has 124 valence electrons. The Labute approximate surface area is 145 Å². The second-order valence-electron chi connectivity index (χ2n) is 5.41. The van der Waals surface area contributed by atoms with E-state index >= 15 is 0 Å². The quantitative estimate of drug-likeness (QED) is 0.721. The fourth-order valence-corrected chi connectivity index (χ4v) is 2.37. The van der Waals surface area contributed by atoms with Gasteiger partial charge < -0.3 is 10.6 Å². The van der Waals surface area contributed by atoms with Crippen molar-refractivity contribution in [2.75, 3.05) is 12.4 Å². The first kappa shape index (κ1) is 16.4. The van der Waals surface area contributed by atoms with Crippen LogP contribution in [0.1, 0.15) is 15.9 Å². The van der Waals surface area contributed by atoms with Crippen LogP contribution in [0.15, 0.2) is 66.7 Å². The number of fused-ring (bicyclic) bond motifs is 1. The van der Waals surface area contributed by atoms with Gasteiger partial charge in [-0.15, -0.1) is 0 Å². The third-order valence-corrected chi connectivity index (χ3v) is 3.68. The Kier molecular flexibility index (Phi) is 4.85. The highest BCUT2D eigenvalue weighted by Crippen LogP contribution is 2.14. The van der Waals surface area contributed by atoms with Crippen molar-refractivity contribution < 1.29 is 9.59 Å². The Morgan fingerprint density at radius 1 is 0.960 bits per heavy atom. The van der Waals surface area contributed by atoms with Gasteiger partial charge in [-0.3, -0.25) is 9.59 Å². The van der Waals surface area contributed by atoms with Gasteiger partial charge in [-0.25, -0.2) is 4.98 Å². The van der Waals surface area contributed by atoms with E-state index in [1.54, 1.807) is 43.5 Å². The topological polar surface area (TPSA) is 71.1 Å². The van der Waals surface area contributed by atoms with Crippen molar-refractivity contribution in [2.45, 2.75) is 0 Å². The number of rotatable bonds is 4. The van der Waals surface area contributed by atoms with E-state index in [4.69, 9.17) is 0 Å². The Bertz CT molecular complexity index is 947. The lowest BCUT2D eigenvalue weighted by Crippen LogP contribution is -2.17. The number of aromatic nitrogens is 1. The molecule has 3 aromatic rings. The Hall–Kier alpha value is -3.47. The Morgan fingerprint density at radius 2 is 1.72 bits per heavy atom. The zero-order valence-electron chi connectivity index (χ0n) is 13.7. The van der Waals surface area contributed by atoms with Crippen LogP contribution >= 0.6 is 0 Å². The van der Waals surface area contributed by atoms with Crippen LogP contribution < -0.4 is 10.6 Å². The van der Waals surface area contributed by atoms with Crippen LogP contribution in [0.4, 0.5) is 5.82 Å². The molecule has 5 nitrogen and oxygen atoms in total. The Balaban J connectivity index is 1.66. The van der Waals surface area contributed by atoms with Crippen molar-refractivity contribution in [3.63, 3.8) is 0 Å². The summed E-state index contributed by atoms with van der Waals surface area (Å²) in [4.78, 5) is 27.9. The molecular formula is C20H17N3O2. The van der Waals surface area contributed by atoms with Gasteiger partial charge >= 0.3 is 0 Å². The SMILES string of the molecule is CNC(=O)c1ccc(/C=C\C(=O)Nc2ccc3ccccc3n2)cc1. The van der Waals surface area contributed by atoms with Crippen molar-refractivity contribution >= 4 is 34.6 Å². The minimum atomic E-state index is -0.266. The van der Waals surface area contributed by atoms with E-state index in [-0.39, 0.29) is 11.8 Å². The van der Waals surface area contributed by atoms with Crippen molar-refractivity contribution in [3.8, 4) is 0 Å². The van der Waals surface area contributed by atoms with E-state index in [0.717, 1.165) is 16.5 Å². The summed E-state index contributed by atoms with van der Waals surface area (Å²) in [5.74, 6) is 0.0946. The van der Waals surface area contributed by atoms with Crippen LogP contribution in [0, 0.1) is 0 Å². The van der Waals surface area contributed by atoms with Crippen LogP contribution in [-0.4, -0.2) is 23.8 Å². The number of carbonyl (C=O) groups is 2. The third-order valence-electron chi connectivity index (χ3n) is 3.68. The maximum atomic E-state index is 12.0. The standard InChI is InChI=1S/C20H17N3O2/c1-21-20(25)16-9-6-14(7-10-16)8-13-19(24)23-18-12-11-15-4-2-3-5-17(15)22-18/h2-13H,1H3,(H,21,25)(H,22,23,24)/b13-8-. The molecule has 1 heterocycles. The monoisotopic (exact) mass is 331 g/mol. The molecule has 0 unspecified atom stereocenters. The highest BCUT2D eigenvalue weighted by atomic mass is 16.2. The molecular weight excluding hydrogens is 314 g/mol. The van der Waals surface area contributed by atoms with Crippen LogP contribution in [0.25, 0.3) is 17.0 Å². The van der Waals surface area contributed by atoms with Crippen LogP contribution in [0.3, 0.4) is 0 Å². The number of para-hydroxylation sites is 1. The summed E-state index contributed by atoms with van der Waals surface area (Å²) in [6.45, 7) is 0. The maximum Gasteiger partial charge on any atom is 0.251 e. The predicted octanol–water partition coefficient (Wildman–Crippen LogP) is 3.25. The van der Waals surface area contributed by atoms with Crippen LogP contribution in [-0.2, 0) is 4.79 Å². The molecule has 2 N–H and O–H groups in total. The number of amides is 2. The minimum absolute atomic E-state index is 0.143. The van der Waals surface area contributed by atoms with E-state index in [1.807, 2.05) is 30.3 Å². The van der Waals surface area contributed by atoms with Gasteiger partial charge in [-0.2, -0.15) is 0 Å². The second kappa shape index (κ2) is 7.40. The normalized spacial score (nSPS) is 10.8. The van der Waals surface area contributed by atoms with Crippen molar-refractivity contribution in [2.24, 2.45) is 0 Å². The molecule has 0 aliphatic heterocycles. The van der Waals surface area contributed by atoms with E-state index < -0.39 is 0 Å². The molecule has 0 atom stereocenters. The predicted molar refractivity (Wildman–Crippen MR) is 99.2 cm³/mol. The molecule has 0 saturated carbocycles. The van der Waals surface area contributed by atoms with Crippen molar-refractivity contribution in [3.05, 3.63) is 77.9 Å². The molecule has 0 spiro atoms. The lowest BCUT2D eigenvalue weighted by Gasteiger charge is -2.03. The zero-order chi connectivity index (χ0) is 17.6. The molecule has 0 aliphatic rings. The van der Waals surface area contributed by atoms with E-state index in [1.165, 1.54) is 6.08 Å². The second-order valence-corrected chi connectivity index (χ2v) is 5.41. The lowest BCUT2D eigenvalue weighted by atomic mass is 10.1. The van der Waals surface area contributed by atoms with Gasteiger partial charge in [0.2, 0.25) is 5.91 Å². The molecule has 5 heteroatoms. The number of hydrogen-bond acceptors (Lipinski definition) is 3. The molecule has 0 radical (unpaired) electrons. The van der Waals surface area contributed by atoms with Crippen LogP contribution in [0.5, 0.6) is 0 Å². The van der Waals surface area contributed by atoms with Gasteiger partial charge in [-0.1, -0.05) is 30.3 Å². The van der Waals surface area contributed by atoms with Crippen LogP contribution in [0.2, 0.25) is 0 Å². The number of anilines is 1. The van der Waals surface area contributed by atoms with E-state index in [9.17, 15) is 9.59 Å².